The van der Waals surface area contributed by atoms with Crippen molar-refractivity contribution in [3.63, 3.8) is 0 Å². The van der Waals surface area contributed by atoms with Crippen LogP contribution in [0.2, 0.25) is 0 Å². The first-order chi connectivity index (χ1) is 27.0. The van der Waals surface area contributed by atoms with Gasteiger partial charge in [-0.15, -0.1) is 0 Å². The van der Waals surface area contributed by atoms with Crippen molar-refractivity contribution in [1.82, 2.24) is 0 Å². The Morgan fingerprint density at radius 2 is 0.911 bits per heavy atom. The van der Waals surface area contributed by atoms with Gasteiger partial charge < -0.3 is 27.9 Å². The number of carbonyl (C=O) groups excluding carboxylic acids is 2. The summed E-state index contributed by atoms with van der Waals surface area (Å²) in [5.74, 6) is -0.839. The van der Waals surface area contributed by atoms with Gasteiger partial charge in [-0.2, -0.15) is 0 Å². The Hall–Kier alpha value is -1.51. The van der Waals surface area contributed by atoms with Crippen LogP contribution >= 0.6 is 7.82 Å². The van der Waals surface area contributed by atoms with Gasteiger partial charge in [0.1, 0.15) is 19.8 Å². The first-order valence-electron chi connectivity index (χ1n) is 23.0. The molecule has 2 atom stereocenters. The van der Waals surface area contributed by atoms with Gasteiger partial charge in [0.25, 0.3) is 7.82 Å². The Bertz CT molecular complexity index is 1010. The smallest absolute Gasteiger partial charge is 0.306 e. The summed E-state index contributed by atoms with van der Waals surface area (Å²) in [5.41, 5.74) is 0. The molecule has 0 bridgehead atoms. The average molecular weight is 814 g/mol. The molecule has 0 aromatic carbocycles. The summed E-state index contributed by atoms with van der Waals surface area (Å²) in [6.07, 6.45) is 41.9. The van der Waals surface area contributed by atoms with Crippen LogP contribution in [0, 0.1) is 0 Å². The molecule has 0 aliphatic heterocycles. The molecule has 0 fully saturated rings. The van der Waals surface area contributed by atoms with Gasteiger partial charge in [-0.25, -0.2) is 0 Å². The van der Waals surface area contributed by atoms with Crippen molar-refractivity contribution in [1.29, 1.82) is 0 Å². The van der Waals surface area contributed by atoms with Crippen molar-refractivity contribution in [2.75, 3.05) is 47.5 Å². The maximum Gasteiger partial charge on any atom is 0.306 e. The van der Waals surface area contributed by atoms with E-state index in [0.717, 1.165) is 57.8 Å². The summed E-state index contributed by atoms with van der Waals surface area (Å²) >= 11 is 0. The average Bonchev–Trinajstić information content (AvgIpc) is 3.15. The van der Waals surface area contributed by atoms with Crippen molar-refractivity contribution in [2.24, 2.45) is 0 Å². The lowest BCUT2D eigenvalue weighted by Gasteiger charge is -2.28. The number of phosphoric acid groups is 1. The second-order valence-electron chi connectivity index (χ2n) is 16.8. The second-order valence-corrected chi connectivity index (χ2v) is 18.2. The third kappa shape index (κ3) is 42.1. The van der Waals surface area contributed by atoms with Crippen LogP contribution in [0.5, 0.6) is 0 Å². The Balaban J connectivity index is 4.32. The third-order valence-corrected chi connectivity index (χ3v) is 10.9. The number of esters is 2. The number of allylic oxidation sites excluding steroid dienone is 4. The zero-order valence-corrected chi connectivity index (χ0v) is 38.0. The van der Waals surface area contributed by atoms with E-state index >= 15 is 0 Å². The van der Waals surface area contributed by atoms with Gasteiger partial charge in [0.05, 0.1) is 27.7 Å². The number of nitrogens with zero attached hydrogens (tertiary/aromatic N) is 1. The van der Waals surface area contributed by atoms with Crippen molar-refractivity contribution in [3.05, 3.63) is 24.3 Å². The molecule has 0 aromatic rings. The lowest BCUT2D eigenvalue weighted by atomic mass is 10.1. The first-order valence-corrected chi connectivity index (χ1v) is 24.5. The molecule has 0 N–H and O–H groups in total. The predicted molar refractivity (Wildman–Crippen MR) is 231 cm³/mol. The third-order valence-electron chi connectivity index (χ3n) is 9.94. The fraction of sp³-hybridized carbons (Fsp3) is 0.870. The summed E-state index contributed by atoms with van der Waals surface area (Å²) in [5, 5.41) is 0. The van der Waals surface area contributed by atoms with Crippen LogP contribution in [0.15, 0.2) is 24.3 Å². The summed E-state index contributed by atoms with van der Waals surface area (Å²) in [7, 11) is 1.16. The largest absolute Gasteiger partial charge is 0.756 e. The van der Waals surface area contributed by atoms with Gasteiger partial charge in [0.15, 0.2) is 6.10 Å². The van der Waals surface area contributed by atoms with E-state index in [1.54, 1.807) is 0 Å². The minimum absolute atomic E-state index is 0.0311. The summed E-state index contributed by atoms with van der Waals surface area (Å²) in [6.45, 7) is 4.22. The van der Waals surface area contributed by atoms with Crippen molar-refractivity contribution in [2.45, 2.75) is 213 Å². The van der Waals surface area contributed by atoms with Crippen LogP contribution in [0.1, 0.15) is 206 Å². The number of rotatable bonds is 42. The van der Waals surface area contributed by atoms with Crippen LogP contribution in [0.25, 0.3) is 0 Å². The van der Waals surface area contributed by atoms with E-state index in [-0.39, 0.29) is 32.0 Å². The highest BCUT2D eigenvalue weighted by molar-refractivity contribution is 7.45. The molecule has 0 aromatic heterocycles. The first kappa shape index (κ1) is 54.5. The van der Waals surface area contributed by atoms with E-state index < -0.39 is 26.5 Å². The van der Waals surface area contributed by atoms with Gasteiger partial charge >= 0.3 is 11.9 Å². The molecule has 0 saturated heterocycles. The van der Waals surface area contributed by atoms with Crippen molar-refractivity contribution in [3.8, 4) is 0 Å². The molecule has 330 valence electrons. The number of ether oxygens (including phenoxy) is 2. The summed E-state index contributed by atoms with van der Waals surface area (Å²) in [6, 6.07) is 0. The normalized spacial score (nSPS) is 13.8. The lowest BCUT2D eigenvalue weighted by molar-refractivity contribution is -0.870. The molecule has 0 radical (unpaired) electrons. The number of unbranched alkanes of at least 4 members (excludes halogenated alkanes) is 24. The topological polar surface area (TPSA) is 111 Å². The van der Waals surface area contributed by atoms with Crippen molar-refractivity contribution < 1.29 is 42.1 Å². The number of hydrogen-bond donors (Lipinski definition) is 0. The predicted octanol–water partition coefficient (Wildman–Crippen LogP) is 12.5. The van der Waals surface area contributed by atoms with Crippen LogP contribution in [-0.2, 0) is 32.7 Å². The zero-order valence-electron chi connectivity index (χ0n) is 37.1. The molecule has 0 spiro atoms. The summed E-state index contributed by atoms with van der Waals surface area (Å²) in [4.78, 5) is 37.6. The molecular formula is C46H88NO8P. The zero-order chi connectivity index (χ0) is 41.4. The molecule has 1 unspecified atom stereocenters. The highest BCUT2D eigenvalue weighted by Gasteiger charge is 2.21. The van der Waals surface area contributed by atoms with E-state index in [4.69, 9.17) is 18.5 Å². The minimum atomic E-state index is -4.62. The molecule has 0 amide bonds. The van der Waals surface area contributed by atoms with E-state index in [1.165, 1.54) is 116 Å². The number of phosphoric ester groups is 1. The molecule has 56 heavy (non-hydrogen) atoms. The van der Waals surface area contributed by atoms with E-state index in [1.807, 2.05) is 21.1 Å². The fourth-order valence-corrected chi connectivity index (χ4v) is 7.02. The maximum absolute atomic E-state index is 12.7. The molecule has 0 rings (SSSR count). The highest BCUT2D eigenvalue weighted by Crippen LogP contribution is 2.38. The standard InChI is InChI=1S/C46H88NO8P/c1-6-8-10-12-14-16-18-20-22-23-25-26-28-30-32-34-36-38-45(48)52-42-44(43-54-56(50,51)53-41-40-47(3,4)5)55-46(49)39-37-35-33-31-29-27-24-21-19-17-15-13-11-9-7-2/h17,19-20,22,44H,6-16,18,21,23-43H2,1-5H3/b19-17+,22-20+/t44-/m1/s1. The quantitative estimate of drug-likeness (QED) is 0.0197. The minimum Gasteiger partial charge on any atom is -0.756 e. The molecule has 9 nitrogen and oxygen atoms in total. The SMILES string of the molecule is CCCCCC/C=C/CCCCCCCCCC(=O)O[C@H](COC(=O)CCCCCCCCC/C=C/CCCCCCCC)COP(=O)([O-])OCC[N+](C)(C)C. The Labute approximate surface area is 345 Å². The molecule has 10 heteroatoms. The van der Waals surface area contributed by atoms with Crippen molar-refractivity contribution >= 4 is 19.8 Å². The number of carbonyl (C=O) groups is 2. The number of quaternary nitrogens is 1. The Morgan fingerprint density at radius 1 is 0.536 bits per heavy atom. The maximum atomic E-state index is 12.7. The van der Waals surface area contributed by atoms with Gasteiger partial charge in [-0.1, -0.05) is 154 Å². The molecule has 0 saturated carbocycles. The monoisotopic (exact) mass is 814 g/mol. The summed E-state index contributed by atoms with van der Waals surface area (Å²) < 4.78 is 33.9. The van der Waals surface area contributed by atoms with E-state index in [0.29, 0.717) is 17.4 Å². The molecule has 0 heterocycles. The van der Waals surface area contributed by atoms with Gasteiger partial charge in [0.2, 0.25) is 0 Å². The number of hydrogen-bond acceptors (Lipinski definition) is 8. The molecule has 0 aliphatic carbocycles. The number of likely N-dealkylation sites (N-methyl/N-ethyl adjacent to an activating group) is 1. The highest BCUT2D eigenvalue weighted by atomic mass is 31.2. The molecular weight excluding hydrogens is 725 g/mol. The van der Waals surface area contributed by atoms with Crippen LogP contribution < -0.4 is 4.89 Å². The van der Waals surface area contributed by atoms with Gasteiger partial charge in [0, 0.05) is 12.8 Å². The van der Waals surface area contributed by atoms with Gasteiger partial charge in [-0.3, -0.25) is 14.2 Å². The Morgan fingerprint density at radius 3 is 1.34 bits per heavy atom. The molecule has 0 aliphatic rings. The fourth-order valence-electron chi connectivity index (χ4n) is 6.29. The van der Waals surface area contributed by atoms with Gasteiger partial charge in [-0.05, 0) is 64.2 Å². The Kier molecular flexibility index (Phi) is 37.9. The van der Waals surface area contributed by atoms with Crippen LogP contribution in [0.4, 0.5) is 0 Å². The lowest BCUT2D eigenvalue weighted by Crippen LogP contribution is -2.37. The van der Waals surface area contributed by atoms with Crippen LogP contribution in [0.3, 0.4) is 0 Å². The van der Waals surface area contributed by atoms with E-state index in [9.17, 15) is 19.0 Å². The second kappa shape index (κ2) is 39.0. The van der Waals surface area contributed by atoms with Crippen LogP contribution in [-0.4, -0.2) is 70.0 Å². The van der Waals surface area contributed by atoms with E-state index in [2.05, 4.69) is 38.2 Å².